The Bertz CT molecular complexity index is 482. The molecule has 2 rings (SSSR count). The second-order valence-electron chi connectivity index (χ2n) is 5.65. The molecule has 5 heteroatoms. The van der Waals surface area contributed by atoms with Crippen molar-refractivity contribution in [2.45, 2.75) is 26.7 Å². The van der Waals surface area contributed by atoms with E-state index in [9.17, 15) is 10.1 Å². The fraction of sp³-hybridized carbons (Fsp3) is 0.571. The summed E-state index contributed by atoms with van der Waals surface area (Å²) in [5.41, 5.74) is 2.06. The zero-order valence-electron chi connectivity index (χ0n) is 11.7. The summed E-state index contributed by atoms with van der Waals surface area (Å²) in [5.74, 6) is 0.641. The van der Waals surface area contributed by atoms with Crippen LogP contribution in [-0.4, -0.2) is 18.5 Å². The first-order valence-corrected chi connectivity index (χ1v) is 6.68. The first-order chi connectivity index (χ1) is 8.97. The van der Waals surface area contributed by atoms with Gasteiger partial charge < -0.3 is 10.6 Å². The molecule has 0 saturated heterocycles. The lowest BCUT2D eigenvalue weighted by molar-refractivity contribution is -0.384. The Labute approximate surface area is 113 Å². The molecule has 5 nitrogen and oxygen atoms in total. The molecule has 104 valence electrons. The van der Waals surface area contributed by atoms with Gasteiger partial charge in [-0.25, -0.2) is 0 Å². The van der Waals surface area contributed by atoms with Crippen LogP contribution in [0.4, 0.5) is 17.1 Å². The van der Waals surface area contributed by atoms with Crippen molar-refractivity contribution in [3.8, 4) is 0 Å². The van der Waals surface area contributed by atoms with Crippen LogP contribution in [0.1, 0.15) is 26.7 Å². The fourth-order valence-electron chi connectivity index (χ4n) is 2.36. The number of benzene rings is 1. The van der Waals surface area contributed by atoms with Gasteiger partial charge in [0, 0.05) is 37.1 Å². The molecule has 1 aromatic carbocycles. The number of hydrogen-bond donors (Lipinski definition) is 2. The van der Waals surface area contributed by atoms with E-state index in [1.54, 1.807) is 19.2 Å². The molecule has 0 unspecified atom stereocenters. The SMILES string of the molecule is CNc1cc(NCC2(C(C)C)CC2)cc([N+](=O)[O-])c1. The van der Waals surface area contributed by atoms with Crippen molar-refractivity contribution >= 4 is 17.1 Å². The monoisotopic (exact) mass is 263 g/mol. The molecule has 1 aliphatic carbocycles. The molecule has 0 bridgehead atoms. The van der Waals surface area contributed by atoms with Crippen molar-refractivity contribution in [3.05, 3.63) is 28.3 Å². The zero-order valence-corrected chi connectivity index (χ0v) is 11.7. The van der Waals surface area contributed by atoms with Crippen molar-refractivity contribution in [2.24, 2.45) is 11.3 Å². The number of nitro benzene ring substituents is 1. The highest BCUT2D eigenvalue weighted by atomic mass is 16.6. The minimum atomic E-state index is -0.360. The molecule has 0 aliphatic heterocycles. The van der Waals surface area contributed by atoms with Crippen LogP contribution in [0.15, 0.2) is 18.2 Å². The molecule has 1 fully saturated rings. The first-order valence-electron chi connectivity index (χ1n) is 6.68. The maximum atomic E-state index is 10.9. The summed E-state index contributed by atoms with van der Waals surface area (Å²) >= 11 is 0. The Morgan fingerprint density at radius 1 is 1.32 bits per heavy atom. The van der Waals surface area contributed by atoms with Gasteiger partial charge in [-0.2, -0.15) is 0 Å². The second kappa shape index (κ2) is 5.07. The topological polar surface area (TPSA) is 67.2 Å². The predicted molar refractivity (Wildman–Crippen MR) is 77.6 cm³/mol. The summed E-state index contributed by atoms with van der Waals surface area (Å²) in [7, 11) is 1.76. The van der Waals surface area contributed by atoms with E-state index in [1.165, 1.54) is 12.8 Å². The third kappa shape index (κ3) is 2.97. The minimum absolute atomic E-state index is 0.115. The first kappa shape index (κ1) is 13.6. The lowest BCUT2D eigenvalue weighted by Crippen LogP contribution is -2.20. The quantitative estimate of drug-likeness (QED) is 0.609. The van der Waals surface area contributed by atoms with Crippen LogP contribution in [0.2, 0.25) is 0 Å². The maximum absolute atomic E-state index is 10.9. The van der Waals surface area contributed by atoms with Gasteiger partial charge in [-0.1, -0.05) is 13.8 Å². The molecular formula is C14H21N3O2. The van der Waals surface area contributed by atoms with Crippen LogP contribution < -0.4 is 10.6 Å². The Hall–Kier alpha value is -1.78. The van der Waals surface area contributed by atoms with Gasteiger partial charge in [-0.3, -0.25) is 10.1 Å². The van der Waals surface area contributed by atoms with Gasteiger partial charge in [0.15, 0.2) is 0 Å². The molecule has 0 atom stereocenters. The van der Waals surface area contributed by atoms with E-state index >= 15 is 0 Å². The van der Waals surface area contributed by atoms with Crippen molar-refractivity contribution in [1.82, 2.24) is 0 Å². The normalized spacial score (nSPS) is 16.2. The van der Waals surface area contributed by atoms with Gasteiger partial charge in [-0.05, 0) is 30.2 Å². The van der Waals surface area contributed by atoms with Gasteiger partial charge in [0.2, 0.25) is 0 Å². The lowest BCUT2D eigenvalue weighted by atomic mass is 9.92. The fourth-order valence-corrected chi connectivity index (χ4v) is 2.36. The molecule has 19 heavy (non-hydrogen) atoms. The van der Waals surface area contributed by atoms with Crippen LogP contribution >= 0.6 is 0 Å². The molecule has 1 aromatic rings. The molecule has 0 aromatic heterocycles. The Balaban J connectivity index is 2.11. The van der Waals surface area contributed by atoms with Crippen molar-refractivity contribution in [1.29, 1.82) is 0 Å². The lowest BCUT2D eigenvalue weighted by Gasteiger charge is -2.21. The van der Waals surface area contributed by atoms with Gasteiger partial charge in [0.05, 0.1) is 4.92 Å². The molecule has 2 N–H and O–H groups in total. The number of hydrogen-bond acceptors (Lipinski definition) is 4. The van der Waals surface area contributed by atoms with E-state index in [1.807, 2.05) is 6.07 Å². The molecule has 0 radical (unpaired) electrons. The highest BCUT2D eigenvalue weighted by Crippen LogP contribution is 2.51. The zero-order chi connectivity index (χ0) is 14.0. The van der Waals surface area contributed by atoms with E-state index in [0.29, 0.717) is 11.3 Å². The Morgan fingerprint density at radius 2 is 1.95 bits per heavy atom. The highest BCUT2D eigenvalue weighted by molar-refractivity contribution is 5.63. The van der Waals surface area contributed by atoms with Crippen LogP contribution in [0.5, 0.6) is 0 Å². The Kier molecular flexibility index (Phi) is 3.64. The van der Waals surface area contributed by atoms with E-state index in [2.05, 4.69) is 24.5 Å². The standard InChI is InChI=1S/C14H21N3O2/c1-10(2)14(4-5-14)9-16-12-6-11(15-3)7-13(8-12)17(18)19/h6-8,10,15-16H,4-5,9H2,1-3H3. The number of non-ortho nitro benzene ring substituents is 1. The second-order valence-corrected chi connectivity index (χ2v) is 5.65. The van der Waals surface area contributed by atoms with E-state index in [0.717, 1.165) is 17.9 Å². The number of rotatable bonds is 6. The highest BCUT2D eigenvalue weighted by Gasteiger charge is 2.44. The molecule has 0 heterocycles. The molecule has 0 spiro atoms. The average Bonchev–Trinajstić information content (AvgIpc) is 3.17. The number of nitro groups is 1. The summed E-state index contributed by atoms with van der Waals surface area (Å²) in [5, 5.41) is 17.2. The van der Waals surface area contributed by atoms with Gasteiger partial charge in [0.25, 0.3) is 5.69 Å². The molecular weight excluding hydrogens is 242 g/mol. The van der Waals surface area contributed by atoms with Crippen LogP contribution in [0, 0.1) is 21.4 Å². The number of nitrogens with zero attached hydrogens (tertiary/aromatic N) is 1. The minimum Gasteiger partial charge on any atom is -0.388 e. The Morgan fingerprint density at radius 3 is 2.42 bits per heavy atom. The third-order valence-corrected chi connectivity index (χ3v) is 4.18. The average molecular weight is 263 g/mol. The summed E-state index contributed by atoms with van der Waals surface area (Å²) in [6.45, 7) is 5.36. The smallest absolute Gasteiger partial charge is 0.273 e. The van der Waals surface area contributed by atoms with Gasteiger partial charge in [-0.15, -0.1) is 0 Å². The van der Waals surface area contributed by atoms with E-state index < -0.39 is 0 Å². The third-order valence-electron chi connectivity index (χ3n) is 4.18. The van der Waals surface area contributed by atoms with Gasteiger partial charge in [0.1, 0.15) is 0 Å². The van der Waals surface area contributed by atoms with Gasteiger partial charge >= 0.3 is 0 Å². The largest absolute Gasteiger partial charge is 0.388 e. The molecule has 1 saturated carbocycles. The number of anilines is 2. The molecule has 1 aliphatic rings. The van der Waals surface area contributed by atoms with E-state index in [-0.39, 0.29) is 10.6 Å². The van der Waals surface area contributed by atoms with E-state index in [4.69, 9.17) is 0 Å². The van der Waals surface area contributed by atoms with Crippen LogP contribution in [0.3, 0.4) is 0 Å². The van der Waals surface area contributed by atoms with Crippen molar-refractivity contribution in [2.75, 3.05) is 24.2 Å². The maximum Gasteiger partial charge on any atom is 0.273 e. The van der Waals surface area contributed by atoms with Crippen LogP contribution in [-0.2, 0) is 0 Å². The van der Waals surface area contributed by atoms with Crippen LogP contribution in [0.25, 0.3) is 0 Å². The summed E-state index contributed by atoms with van der Waals surface area (Å²) < 4.78 is 0. The summed E-state index contributed by atoms with van der Waals surface area (Å²) in [6, 6.07) is 5.04. The van der Waals surface area contributed by atoms with Crippen molar-refractivity contribution in [3.63, 3.8) is 0 Å². The summed E-state index contributed by atoms with van der Waals surface area (Å²) in [4.78, 5) is 10.5. The number of nitrogens with one attached hydrogen (secondary N) is 2. The van der Waals surface area contributed by atoms with Crippen molar-refractivity contribution < 1.29 is 4.92 Å². The predicted octanol–water partition coefficient (Wildman–Crippen LogP) is 3.48. The summed E-state index contributed by atoms with van der Waals surface area (Å²) in [6.07, 6.45) is 2.48. The molecule has 0 amide bonds.